The molecule has 342 valence electrons. The average molecular weight is 921 g/mol. The number of hydrogen-bond acceptors (Lipinski definition) is 13. The highest BCUT2D eigenvalue weighted by Gasteiger charge is 2.58. The van der Waals surface area contributed by atoms with E-state index >= 15 is 4.79 Å². The van der Waals surface area contributed by atoms with Crippen LogP contribution in [0, 0.1) is 5.92 Å². The van der Waals surface area contributed by atoms with Crippen molar-refractivity contribution < 1.29 is 65.0 Å². The molecule has 0 bridgehead atoms. The van der Waals surface area contributed by atoms with Crippen LogP contribution in [0.25, 0.3) is 0 Å². The smallest absolute Gasteiger partial charge is 0.229 e. The molecule has 1 fully saturated rings. The van der Waals surface area contributed by atoms with Gasteiger partial charge in [-0.25, -0.2) is 0 Å². The van der Waals surface area contributed by atoms with Gasteiger partial charge in [-0.15, -0.1) is 0 Å². The highest BCUT2D eigenvalue weighted by molar-refractivity contribution is 6.49. The molecule has 2 heterocycles. The van der Waals surface area contributed by atoms with Crippen LogP contribution in [0.2, 0.25) is 0 Å². The number of aromatic hydroxyl groups is 9. The number of rotatable bonds is 5. The minimum atomic E-state index is -1.27. The Kier molecular flexibility index (Phi) is 9.09. The van der Waals surface area contributed by atoms with Gasteiger partial charge < -0.3 is 55.4 Å². The largest absolute Gasteiger partial charge is 0.508 e. The Morgan fingerprint density at radius 3 is 1.29 bits per heavy atom. The Labute approximate surface area is 392 Å². The van der Waals surface area contributed by atoms with E-state index < -0.39 is 59.3 Å². The Bertz CT molecular complexity index is 3390. The number of Topliss-reactive ketones (excluding diaryl/α,β-unsaturated/α-hetero) is 1. The number of phenolic OH excluding ortho intramolecular Hbond substituents is 9. The summed E-state index contributed by atoms with van der Waals surface area (Å²) in [6.07, 6.45) is -0.729. The first-order valence-electron chi connectivity index (χ1n) is 22.3. The summed E-state index contributed by atoms with van der Waals surface area (Å²) in [6.45, 7) is 0. The van der Waals surface area contributed by atoms with Crippen LogP contribution in [0.1, 0.15) is 97.4 Å². The summed E-state index contributed by atoms with van der Waals surface area (Å²) in [6, 6.07) is 33.6. The monoisotopic (exact) mass is 920 g/mol. The van der Waals surface area contributed by atoms with Crippen LogP contribution in [0.3, 0.4) is 0 Å². The number of fused-ring (bicyclic) bond motifs is 4. The number of hydrogen-bond donors (Lipinski definition) is 9. The molecule has 1 saturated heterocycles. The molecule has 7 aromatic carbocycles. The summed E-state index contributed by atoms with van der Waals surface area (Å²) in [4.78, 5) is 30.0. The van der Waals surface area contributed by atoms with Gasteiger partial charge in [0.25, 0.3) is 0 Å². The van der Waals surface area contributed by atoms with Gasteiger partial charge in [0.1, 0.15) is 75.5 Å². The maximum atomic E-state index is 15.5. The van der Waals surface area contributed by atoms with Crippen LogP contribution in [-0.4, -0.2) is 57.5 Å². The third-order valence-electron chi connectivity index (χ3n) is 14.6. The molecule has 0 amide bonds. The fourth-order valence-electron chi connectivity index (χ4n) is 12.0. The molecule has 0 unspecified atom stereocenters. The quantitative estimate of drug-likeness (QED) is 0.0579. The number of allylic oxidation sites excluding steroid dienone is 3. The molecule has 69 heavy (non-hydrogen) atoms. The summed E-state index contributed by atoms with van der Waals surface area (Å²) >= 11 is 0. The van der Waals surface area contributed by atoms with E-state index in [1.54, 1.807) is 54.6 Å². The van der Waals surface area contributed by atoms with Crippen molar-refractivity contribution in [3.05, 3.63) is 212 Å². The standard InChI is InChI=1S/C56H40O13/c57-28-9-1-24(2-10-28)43-45-35(17-32(61)20-38(45)64)49-47-37(19-34(63)22-41(47)68-55(49)26-5-13-30(59)14-6-26)48(43)52-44(25-3-11-29(58)12-4-25)46-36(18-33(62)21-39(46)65)50-51-42(23-40(66)54(67)53(51)52)69-56(50)27-7-15-31(60)16-8-27/h1-23,43-44,48-50,52,55-65H/t43-,44-,48+,49-,50-,52+,55+,56+/m1/s1. The van der Waals surface area contributed by atoms with Crippen LogP contribution in [-0.2, 0) is 14.3 Å². The van der Waals surface area contributed by atoms with Gasteiger partial charge in [-0.05, 0) is 106 Å². The van der Waals surface area contributed by atoms with Crippen molar-refractivity contribution in [3.8, 4) is 57.5 Å². The third kappa shape index (κ3) is 6.30. The number of phenols is 9. The van der Waals surface area contributed by atoms with Crippen molar-refractivity contribution in [2.45, 2.75) is 41.8 Å². The minimum absolute atomic E-state index is 0.00131. The van der Waals surface area contributed by atoms with E-state index in [0.29, 0.717) is 50.1 Å². The lowest BCUT2D eigenvalue weighted by atomic mass is 9.61. The number of carbonyl (C=O) groups excluding carboxylic acids is 2. The summed E-state index contributed by atoms with van der Waals surface area (Å²) in [5, 5.41) is 102. The molecule has 13 heteroatoms. The van der Waals surface area contributed by atoms with Gasteiger partial charge in [-0.1, -0.05) is 48.5 Å². The van der Waals surface area contributed by atoms with Gasteiger partial charge in [0.05, 0.1) is 11.8 Å². The van der Waals surface area contributed by atoms with Crippen molar-refractivity contribution in [2.75, 3.05) is 0 Å². The number of ketones is 2. The zero-order chi connectivity index (χ0) is 47.7. The first-order valence-corrected chi connectivity index (χ1v) is 22.3. The van der Waals surface area contributed by atoms with Gasteiger partial charge in [0, 0.05) is 75.8 Å². The molecule has 2 aliphatic heterocycles. The maximum Gasteiger partial charge on any atom is 0.229 e. The number of carbonyl (C=O) groups is 2. The van der Waals surface area contributed by atoms with Crippen LogP contribution in [0.4, 0.5) is 0 Å². The Balaban J connectivity index is 1.26. The molecule has 0 radical (unpaired) electrons. The second kappa shape index (κ2) is 15.1. The lowest BCUT2D eigenvalue weighted by Crippen LogP contribution is -2.35. The van der Waals surface area contributed by atoms with Crippen LogP contribution in [0.15, 0.2) is 156 Å². The molecule has 9 N–H and O–H groups in total. The summed E-state index contributed by atoms with van der Waals surface area (Å²) < 4.78 is 13.5. The molecule has 13 nitrogen and oxygen atoms in total. The Hall–Kier alpha value is -8.84. The van der Waals surface area contributed by atoms with E-state index in [4.69, 9.17) is 9.47 Å². The second-order valence-corrected chi connectivity index (χ2v) is 18.3. The van der Waals surface area contributed by atoms with Crippen LogP contribution >= 0.6 is 0 Å². The zero-order valence-electron chi connectivity index (χ0n) is 36.1. The normalized spacial score (nSPS) is 23.9. The molecule has 8 atom stereocenters. The van der Waals surface area contributed by atoms with Crippen LogP contribution in [0.5, 0.6) is 57.5 Å². The molecule has 0 saturated carbocycles. The average Bonchev–Trinajstić information content (AvgIpc) is 3.81. The molecular weight excluding hydrogens is 881 g/mol. The molecule has 12 rings (SSSR count). The fourth-order valence-corrected chi connectivity index (χ4v) is 12.0. The lowest BCUT2D eigenvalue weighted by Gasteiger charge is -2.41. The van der Waals surface area contributed by atoms with E-state index in [2.05, 4.69) is 0 Å². The minimum Gasteiger partial charge on any atom is -0.508 e. The lowest BCUT2D eigenvalue weighted by molar-refractivity contribution is -0.132. The molecular formula is C56H40O13. The summed E-state index contributed by atoms with van der Waals surface area (Å²) in [5.74, 6) is -9.66. The number of ether oxygens (including phenoxy) is 2. The fraction of sp³-hybridized carbons (Fsp3) is 0.143. The van der Waals surface area contributed by atoms with Crippen molar-refractivity contribution in [1.29, 1.82) is 0 Å². The van der Waals surface area contributed by atoms with Crippen molar-refractivity contribution in [3.63, 3.8) is 0 Å². The number of benzene rings is 7. The van der Waals surface area contributed by atoms with E-state index in [1.807, 2.05) is 0 Å². The van der Waals surface area contributed by atoms with Gasteiger partial charge >= 0.3 is 0 Å². The summed E-state index contributed by atoms with van der Waals surface area (Å²) in [7, 11) is 0. The van der Waals surface area contributed by atoms with E-state index in [1.165, 1.54) is 78.9 Å². The van der Waals surface area contributed by atoms with E-state index in [9.17, 15) is 50.8 Å². The van der Waals surface area contributed by atoms with Crippen molar-refractivity contribution >= 4 is 11.6 Å². The van der Waals surface area contributed by atoms with Crippen LogP contribution < -0.4 is 4.74 Å². The summed E-state index contributed by atoms with van der Waals surface area (Å²) in [5.41, 5.74) is 4.61. The second-order valence-electron chi connectivity index (χ2n) is 18.3. The first kappa shape index (κ1) is 41.6. The molecule has 3 aliphatic carbocycles. The van der Waals surface area contributed by atoms with Crippen molar-refractivity contribution in [1.82, 2.24) is 0 Å². The highest BCUT2D eigenvalue weighted by atomic mass is 16.5. The Morgan fingerprint density at radius 2 is 0.783 bits per heavy atom. The predicted molar refractivity (Wildman–Crippen MR) is 247 cm³/mol. The molecule has 7 aromatic rings. The van der Waals surface area contributed by atoms with Crippen molar-refractivity contribution in [2.24, 2.45) is 5.92 Å². The van der Waals surface area contributed by atoms with Gasteiger partial charge in [-0.3, -0.25) is 9.59 Å². The van der Waals surface area contributed by atoms with E-state index in [0.717, 1.165) is 6.08 Å². The molecule has 5 aliphatic rings. The Morgan fingerprint density at radius 1 is 0.362 bits per heavy atom. The predicted octanol–water partition coefficient (Wildman–Crippen LogP) is 9.18. The molecule has 0 aromatic heterocycles. The maximum absolute atomic E-state index is 15.5. The molecule has 0 spiro atoms. The highest BCUT2D eigenvalue weighted by Crippen LogP contribution is 2.68. The van der Waals surface area contributed by atoms with Gasteiger partial charge in [0.2, 0.25) is 11.6 Å². The third-order valence-corrected chi connectivity index (χ3v) is 14.6. The van der Waals surface area contributed by atoms with Gasteiger partial charge in [-0.2, -0.15) is 0 Å². The van der Waals surface area contributed by atoms with E-state index in [-0.39, 0.29) is 80.0 Å². The first-order chi connectivity index (χ1) is 33.2. The zero-order valence-corrected chi connectivity index (χ0v) is 36.1. The van der Waals surface area contributed by atoms with Gasteiger partial charge in [0.15, 0.2) is 0 Å². The SMILES string of the molecule is O=C1C=C2O[C@@H](c3ccc(O)cc3)[C@H]3C2=C(C1=O)[C@H]([C@H]1c2cc(O)cc4c2[C@@H](c2cc(O)cc(O)c2[C@H]1c1ccc(O)cc1)[C@H](c1ccc(O)cc1)O4)[C@H](c1ccc(O)cc1)c1c(O)cc(O)cc13. The topological polar surface area (TPSA) is 235 Å².